The number of carbonyl (C=O) groups excluding carboxylic acids is 3. The summed E-state index contributed by atoms with van der Waals surface area (Å²) in [5.74, 6) is -1.60. The Kier molecular flexibility index (Phi) is 17.5. The number of ether oxygens (including phenoxy) is 4. The first kappa shape index (κ1) is 27.9. The van der Waals surface area contributed by atoms with E-state index in [-0.39, 0.29) is 63.7 Å². The summed E-state index contributed by atoms with van der Waals surface area (Å²) in [6.45, 7) is 3.59. The number of likely N-dealkylation sites (N-methyl/N-ethyl adjacent to an activating group) is 1. The van der Waals surface area contributed by atoms with Gasteiger partial charge in [0.25, 0.3) is 0 Å². The molecule has 0 aromatic carbocycles. The predicted molar refractivity (Wildman–Crippen MR) is 105 cm³/mol. The number of carboxylic acids is 1. The first-order valence-electron chi connectivity index (χ1n) is 9.55. The maximum atomic E-state index is 11.5. The minimum absolute atomic E-state index is 0.0107. The summed E-state index contributed by atoms with van der Waals surface area (Å²) in [6.07, 6.45) is 0. The standard InChI is InChI=1S/C18H33N3O9/c1-15(22)13-29-9-7-28-6-4-20-17(24)14-30-10-8-27-5-3-19-16(23)11-21(2)12-18(25)26/h3-14H2,1-2H3,(H,19,23)(H,20,24)(H,25,26). The number of Topliss-reactive ketones (excluding diaryl/α,β-unsaturated/α-hetero) is 1. The van der Waals surface area contributed by atoms with E-state index in [4.69, 9.17) is 24.1 Å². The van der Waals surface area contributed by atoms with Crippen LogP contribution in [0.5, 0.6) is 0 Å². The highest BCUT2D eigenvalue weighted by atomic mass is 16.5. The number of carbonyl (C=O) groups is 4. The molecule has 12 nitrogen and oxygen atoms in total. The molecule has 0 radical (unpaired) electrons. The van der Waals surface area contributed by atoms with Crippen LogP contribution in [-0.2, 0) is 38.1 Å². The fourth-order valence-corrected chi connectivity index (χ4v) is 1.98. The molecule has 0 aliphatic heterocycles. The Bertz CT molecular complexity index is 517. The van der Waals surface area contributed by atoms with E-state index in [1.807, 2.05) is 0 Å². The van der Waals surface area contributed by atoms with Gasteiger partial charge in [-0.05, 0) is 14.0 Å². The lowest BCUT2D eigenvalue weighted by atomic mass is 10.4. The lowest BCUT2D eigenvalue weighted by molar-refractivity contribution is -0.138. The maximum absolute atomic E-state index is 11.5. The van der Waals surface area contributed by atoms with Crippen molar-refractivity contribution >= 4 is 23.6 Å². The molecule has 0 aliphatic rings. The van der Waals surface area contributed by atoms with E-state index in [1.54, 1.807) is 7.05 Å². The highest BCUT2D eigenvalue weighted by Crippen LogP contribution is 1.84. The lowest BCUT2D eigenvalue weighted by Crippen LogP contribution is -2.38. The number of hydrogen-bond donors (Lipinski definition) is 3. The van der Waals surface area contributed by atoms with Gasteiger partial charge in [-0.3, -0.25) is 24.1 Å². The van der Waals surface area contributed by atoms with Gasteiger partial charge in [0, 0.05) is 13.1 Å². The summed E-state index contributed by atoms with van der Waals surface area (Å²) in [6, 6.07) is 0. The third-order valence-corrected chi connectivity index (χ3v) is 3.24. The molecule has 3 N–H and O–H groups in total. The molecule has 174 valence electrons. The minimum atomic E-state index is -0.997. The number of ketones is 1. The van der Waals surface area contributed by atoms with Gasteiger partial charge in [-0.15, -0.1) is 0 Å². The molecule has 2 amide bonds. The number of carboxylic acid groups (broad SMARTS) is 1. The smallest absolute Gasteiger partial charge is 0.317 e. The summed E-state index contributed by atoms with van der Waals surface area (Å²) < 4.78 is 20.7. The summed E-state index contributed by atoms with van der Waals surface area (Å²) >= 11 is 0. The van der Waals surface area contributed by atoms with Gasteiger partial charge in [-0.25, -0.2) is 0 Å². The molecule has 0 unspecified atom stereocenters. The van der Waals surface area contributed by atoms with Crippen LogP contribution in [0.25, 0.3) is 0 Å². The quantitative estimate of drug-likeness (QED) is 0.181. The number of nitrogens with one attached hydrogen (secondary N) is 2. The zero-order valence-electron chi connectivity index (χ0n) is 17.6. The molecule has 0 aromatic heterocycles. The van der Waals surface area contributed by atoms with Crippen molar-refractivity contribution in [2.75, 3.05) is 86.1 Å². The van der Waals surface area contributed by atoms with Gasteiger partial charge in [0.05, 0.1) is 52.7 Å². The van der Waals surface area contributed by atoms with Crippen molar-refractivity contribution in [2.45, 2.75) is 6.92 Å². The average Bonchev–Trinajstić information content (AvgIpc) is 2.64. The van der Waals surface area contributed by atoms with Crippen LogP contribution in [0.2, 0.25) is 0 Å². The molecule has 0 rings (SSSR count). The molecule has 0 fully saturated rings. The van der Waals surface area contributed by atoms with Crippen LogP contribution in [0.1, 0.15) is 6.92 Å². The Hall–Kier alpha value is -2.12. The Labute approximate surface area is 176 Å². The summed E-state index contributed by atoms with van der Waals surface area (Å²) in [5, 5.41) is 13.8. The van der Waals surface area contributed by atoms with E-state index < -0.39 is 5.97 Å². The van der Waals surface area contributed by atoms with Crippen LogP contribution < -0.4 is 10.6 Å². The van der Waals surface area contributed by atoms with Crippen molar-refractivity contribution in [3.63, 3.8) is 0 Å². The first-order chi connectivity index (χ1) is 14.3. The number of hydrogen-bond acceptors (Lipinski definition) is 9. The largest absolute Gasteiger partial charge is 0.480 e. The normalized spacial score (nSPS) is 10.8. The Morgan fingerprint density at radius 2 is 1.23 bits per heavy atom. The van der Waals surface area contributed by atoms with Crippen LogP contribution in [0.15, 0.2) is 0 Å². The topological polar surface area (TPSA) is 153 Å². The molecule has 30 heavy (non-hydrogen) atoms. The van der Waals surface area contributed by atoms with Crippen molar-refractivity contribution < 1.29 is 43.2 Å². The summed E-state index contributed by atoms with van der Waals surface area (Å²) in [5.41, 5.74) is 0. The number of aliphatic carboxylic acids is 1. The van der Waals surface area contributed by atoms with Crippen LogP contribution >= 0.6 is 0 Å². The van der Waals surface area contributed by atoms with Crippen LogP contribution in [0.3, 0.4) is 0 Å². The zero-order valence-corrected chi connectivity index (χ0v) is 17.6. The number of nitrogens with zero attached hydrogens (tertiary/aromatic N) is 1. The number of amides is 2. The van der Waals surface area contributed by atoms with Crippen molar-refractivity contribution in [1.29, 1.82) is 0 Å². The van der Waals surface area contributed by atoms with Crippen LogP contribution in [-0.4, -0.2) is 120 Å². The molecule has 0 bridgehead atoms. The molecule has 0 aromatic rings. The second kappa shape index (κ2) is 18.9. The molecular formula is C18H33N3O9. The summed E-state index contributed by atoms with van der Waals surface area (Å²) in [4.78, 5) is 45.6. The Balaban J connectivity index is 3.38. The SMILES string of the molecule is CC(=O)COCCOCCNC(=O)COCCOCCNC(=O)CN(C)CC(=O)O. The van der Waals surface area contributed by atoms with E-state index in [2.05, 4.69) is 10.6 Å². The monoisotopic (exact) mass is 435 g/mol. The molecule has 0 atom stereocenters. The van der Waals surface area contributed by atoms with Gasteiger partial charge >= 0.3 is 5.97 Å². The summed E-state index contributed by atoms with van der Waals surface area (Å²) in [7, 11) is 1.54. The van der Waals surface area contributed by atoms with Gasteiger partial charge in [0.15, 0.2) is 5.78 Å². The van der Waals surface area contributed by atoms with Crippen LogP contribution in [0, 0.1) is 0 Å². The van der Waals surface area contributed by atoms with Gasteiger partial charge in [0.1, 0.15) is 13.2 Å². The van der Waals surface area contributed by atoms with Gasteiger partial charge in [-0.1, -0.05) is 0 Å². The maximum Gasteiger partial charge on any atom is 0.317 e. The van der Waals surface area contributed by atoms with E-state index in [9.17, 15) is 19.2 Å². The van der Waals surface area contributed by atoms with E-state index in [0.29, 0.717) is 32.9 Å². The highest BCUT2D eigenvalue weighted by Gasteiger charge is 2.08. The molecule has 12 heteroatoms. The molecule has 0 spiro atoms. The zero-order chi connectivity index (χ0) is 22.6. The fraction of sp³-hybridized carbons (Fsp3) is 0.778. The van der Waals surface area contributed by atoms with Crippen LogP contribution in [0.4, 0.5) is 0 Å². The van der Waals surface area contributed by atoms with Crippen molar-refractivity contribution in [1.82, 2.24) is 15.5 Å². The second-order valence-corrected chi connectivity index (χ2v) is 6.30. The Morgan fingerprint density at radius 3 is 1.77 bits per heavy atom. The third-order valence-electron chi connectivity index (χ3n) is 3.24. The lowest BCUT2D eigenvalue weighted by Gasteiger charge is -2.13. The molecule has 0 heterocycles. The highest BCUT2D eigenvalue weighted by molar-refractivity contribution is 5.79. The minimum Gasteiger partial charge on any atom is -0.480 e. The third kappa shape index (κ3) is 20.6. The molecule has 0 saturated carbocycles. The van der Waals surface area contributed by atoms with E-state index >= 15 is 0 Å². The number of rotatable bonds is 20. The molecular weight excluding hydrogens is 402 g/mol. The first-order valence-corrected chi connectivity index (χ1v) is 9.55. The van der Waals surface area contributed by atoms with Crippen molar-refractivity contribution in [3.05, 3.63) is 0 Å². The van der Waals surface area contributed by atoms with E-state index in [0.717, 1.165) is 0 Å². The molecule has 0 aliphatic carbocycles. The van der Waals surface area contributed by atoms with Gasteiger partial charge in [0.2, 0.25) is 11.8 Å². The van der Waals surface area contributed by atoms with Gasteiger partial charge in [-0.2, -0.15) is 0 Å². The molecule has 0 saturated heterocycles. The second-order valence-electron chi connectivity index (χ2n) is 6.30. The van der Waals surface area contributed by atoms with E-state index in [1.165, 1.54) is 11.8 Å². The van der Waals surface area contributed by atoms with Gasteiger partial charge < -0.3 is 34.7 Å². The van der Waals surface area contributed by atoms with Crippen molar-refractivity contribution in [2.24, 2.45) is 0 Å². The van der Waals surface area contributed by atoms with Crippen molar-refractivity contribution in [3.8, 4) is 0 Å². The fourth-order valence-electron chi connectivity index (χ4n) is 1.98. The average molecular weight is 435 g/mol. The predicted octanol–water partition coefficient (Wildman–Crippen LogP) is -2.11. The Morgan fingerprint density at radius 1 is 0.733 bits per heavy atom.